The van der Waals surface area contributed by atoms with Crippen LogP contribution in [0.1, 0.15) is 21.0 Å². The lowest BCUT2D eigenvalue weighted by atomic mass is 10.2. The first-order chi connectivity index (χ1) is 10.4. The Bertz CT molecular complexity index is 776. The van der Waals surface area contributed by atoms with E-state index in [9.17, 15) is 29.9 Å². The van der Waals surface area contributed by atoms with Gasteiger partial charge in [-0.05, 0) is 0 Å². The molecule has 0 unspecified atom stereocenters. The predicted molar refractivity (Wildman–Crippen MR) is 66.9 cm³/mol. The molecule has 0 saturated carbocycles. The second kappa shape index (κ2) is 5.83. The molecular formula is C12H6N4O6-2. The first-order valence-corrected chi connectivity index (χ1v) is 5.69. The molecule has 0 radical (unpaired) electrons. The van der Waals surface area contributed by atoms with E-state index in [4.69, 9.17) is 0 Å². The van der Waals surface area contributed by atoms with Gasteiger partial charge in [0.25, 0.3) is 11.6 Å². The smallest absolute Gasteiger partial charge is 0.276 e. The van der Waals surface area contributed by atoms with Gasteiger partial charge in [-0.15, -0.1) is 0 Å². The predicted octanol–water partition coefficient (Wildman–Crippen LogP) is -0.926. The van der Waals surface area contributed by atoms with Gasteiger partial charge in [-0.3, -0.25) is 19.9 Å². The number of benzene rings is 1. The molecule has 2 rings (SSSR count). The first kappa shape index (κ1) is 14.8. The molecule has 1 N–H and O–H groups in total. The van der Waals surface area contributed by atoms with E-state index in [0.29, 0.717) is 0 Å². The second-order valence-corrected chi connectivity index (χ2v) is 3.93. The van der Waals surface area contributed by atoms with Crippen LogP contribution in [0.15, 0.2) is 30.6 Å². The van der Waals surface area contributed by atoms with E-state index in [1.807, 2.05) is 0 Å². The van der Waals surface area contributed by atoms with Crippen molar-refractivity contribution in [1.82, 2.24) is 9.97 Å². The van der Waals surface area contributed by atoms with Crippen LogP contribution >= 0.6 is 0 Å². The molecule has 112 valence electrons. The molecule has 1 heterocycles. The number of anilines is 1. The minimum Gasteiger partial charge on any atom is -0.871 e. The van der Waals surface area contributed by atoms with Gasteiger partial charge in [0.05, 0.1) is 10.9 Å². The maximum atomic E-state index is 12.0. The number of aromatic carboxylic acids is 1. The molecule has 0 spiro atoms. The van der Waals surface area contributed by atoms with E-state index >= 15 is 0 Å². The van der Waals surface area contributed by atoms with Crippen LogP contribution in [0.25, 0.3) is 0 Å². The van der Waals surface area contributed by atoms with Crippen molar-refractivity contribution in [2.75, 3.05) is 5.32 Å². The van der Waals surface area contributed by atoms with E-state index in [1.165, 1.54) is 0 Å². The van der Waals surface area contributed by atoms with Crippen LogP contribution in [0, 0.1) is 10.1 Å². The molecule has 10 heteroatoms. The maximum absolute atomic E-state index is 12.0. The number of nitrogens with zero attached hydrogens (tertiary/aromatic N) is 3. The molecule has 2 aromatic rings. The van der Waals surface area contributed by atoms with E-state index in [-0.39, 0.29) is 5.69 Å². The Hall–Kier alpha value is -3.56. The zero-order valence-electron chi connectivity index (χ0n) is 10.7. The summed E-state index contributed by atoms with van der Waals surface area (Å²) in [6.07, 6.45) is 2.13. The average Bonchev–Trinajstić information content (AvgIpc) is 2.49. The monoisotopic (exact) mass is 302 g/mol. The molecule has 0 fully saturated rings. The number of hydrogen-bond donors (Lipinski definition) is 1. The Morgan fingerprint density at radius 1 is 1.14 bits per heavy atom. The van der Waals surface area contributed by atoms with E-state index in [2.05, 4.69) is 15.3 Å². The van der Waals surface area contributed by atoms with Gasteiger partial charge >= 0.3 is 0 Å². The number of aromatic nitrogens is 2. The lowest BCUT2D eigenvalue weighted by Gasteiger charge is -2.14. The van der Waals surface area contributed by atoms with Crippen LogP contribution in [0.3, 0.4) is 0 Å². The molecule has 0 aliphatic rings. The summed E-state index contributed by atoms with van der Waals surface area (Å²) in [5.74, 6) is -3.46. The fourth-order valence-electron chi connectivity index (χ4n) is 1.56. The number of non-ortho nitro benzene ring substituents is 1. The highest BCUT2D eigenvalue weighted by molar-refractivity contribution is 6.08. The van der Waals surface area contributed by atoms with Crippen LogP contribution in [-0.4, -0.2) is 26.8 Å². The Labute approximate surface area is 122 Å². The third-order valence-corrected chi connectivity index (χ3v) is 2.53. The Morgan fingerprint density at radius 2 is 1.77 bits per heavy atom. The lowest BCUT2D eigenvalue weighted by Crippen LogP contribution is -2.28. The number of carbonyl (C=O) groups excluding carboxylic acids is 2. The number of amides is 1. The second-order valence-electron chi connectivity index (χ2n) is 3.93. The lowest BCUT2D eigenvalue weighted by molar-refractivity contribution is -0.385. The summed E-state index contributed by atoms with van der Waals surface area (Å²) in [4.78, 5) is 39.7. The van der Waals surface area contributed by atoms with Crippen molar-refractivity contribution in [2.45, 2.75) is 0 Å². The van der Waals surface area contributed by atoms with Gasteiger partial charge in [-0.2, -0.15) is 0 Å². The molecule has 1 amide bonds. The summed E-state index contributed by atoms with van der Waals surface area (Å²) in [5, 5.41) is 35.1. The number of hydrogen-bond acceptors (Lipinski definition) is 8. The van der Waals surface area contributed by atoms with Crippen LogP contribution in [0.5, 0.6) is 5.75 Å². The largest absolute Gasteiger partial charge is 0.871 e. The number of nitro benzene ring substituents is 1. The normalized spacial score (nSPS) is 10.0. The number of nitro groups is 1. The van der Waals surface area contributed by atoms with Crippen molar-refractivity contribution in [3.63, 3.8) is 0 Å². The van der Waals surface area contributed by atoms with Crippen molar-refractivity contribution in [3.8, 4) is 5.75 Å². The van der Waals surface area contributed by atoms with Crippen LogP contribution in [0.4, 0.5) is 11.4 Å². The molecule has 22 heavy (non-hydrogen) atoms. The van der Waals surface area contributed by atoms with Gasteiger partial charge in [0.2, 0.25) is 0 Å². The highest BCUT2D eigenvalue weighted by atomic mass is 16.6. The molecule has 1 aromatic carbocycles. The van der Waals surface area contributed by atoms with E-state index < -0.39 is 39.6 Å². The zero-order valence-corrected chi connectivity index (χ0v) is 10.7. The third-order valence-electron chi connectivity index (χ3n) is 2.53. The van der Waals surface area contributed by atoms with Gasteiger partial charge in [-0.1, -0.05) is 11.8 Å². The SMILES string of the molecule is O=C([O-])c1nccnc1C(=O)Nc1cc([N+](=O)[O-])ccc1[O-]. The average molecular weight is 302 g/mol. The molecule has 0 bridgehead atoms. The third kappa shape index (κ3) is 2.95. The van der Waals surface area contributed by atoms with Gasteiger partial charge in [0.15, 0.2) is 5.69 Å². The minimum absolute atomic E-state index is 0.380. The maximum Gasteiger partial charge on any atom is 0.276 e. The highest BCUT2D eigenvalue weighted by Crippen LogP contribution is 2.26. The van der Waals surface area contributed by atoms with Crippen molar-refractivity contribution in [3.05, 3.63) is 52.1 Å². The van der Waals surface area contributed by atoms with Crippen molar-refractivity contribution in [2.24, 2.45) is 0 Å². The van der Waals surface area contributed by atoms with E-state index in [0.717, 1.165) is 30.6 Å². The summed E-state index contributed by atoms with van der Waals surface area (Å²) in [5.41, 5.74) is -2.07. The van der Waals surface area contributed by atoms with Crippen LogP contribution < -0.4 is 15.5 Å². The molecule has 10 nitrogen and oxygen atoms in total. The first-order valence-electron chi connectivity index (χ1n) is 5.69. The standard InChI is InChI=1S/C12H8N4O6/c17-8-2-1-6(16(21)22)5-7(8)15-11(18)9-10(12(19)20)14-4-3-13-9/h1-5,17H,(H,15,18)(H,19,20)/p-2. The van der Waals surface area contributed by atoms with Gasteiger partial charge in [-0.25, -0.2) is 4.98 Å². The summed E-state index contributed by atoms with van der Waals surface area (Å²) in [7, 11) is 0. The summed E-state index contributed by atoms with van der Waals surface area (Å²) >= 11 is 0. The van der Waals surface area contributed by atoms with Gasteiger partial charge in [0, 0.05) is 30.2 Å². The Kier molecular flexibility index (Phi) is 3.93. The number of carboxylic acid groups (broad SMARTS) is 1. The fraction of sp³-hybridized carbons (Fsp3) is 0. The van der Waals surface area contributed by atoms with E-state index in [1.54, 1.807) is 0 Å². The number of carboxylic acids is 1. The van der Waals surface area contributed by atoms with Gasteiger partial charge in [0.1, 0.15) is 5.69 Å². The van der Waals surface area contributed by atoms with Crippen LogP contribution in [0.2, 0.25) is 0 Å². The highest BCUT2D eigenvalue weighted by Gasteiger charge is 2.16. The summed E-state index contributed by atoms with van der Waals surface area (Å²) in [6.45, 7) is 0. The van der Waals surface area contributed by atoms with Crippen LogP contribution in [-0.2, 0) is 0 Å². The Balaban J connectivity index is 2.36. The molecule has 0 aliphatic carbocycles. The van der Waals surface area contributed by atoms with Crippen molar-refractivity contribution < 1.29 is 24.7 Å². The molecular weight excluding hydrogens is 296 g/mol. The molecule has 0 atom stereocenters. The van der Waals surface area contributed by atoms with Crippen molar-refractivity contribution >= 4 is 23.3 Å². The number of nitrogens with one attached hydrogen (secondary N) is 1. The van der Waals surface area contributed by atoms with Crippen molar-refractivity contribution in [1.29, 1.82) is 0 Å². The zero-order chi connectivity index (χ0) is 16.3. The quantitative estimate of drug-likeness (QED) is 0.559. The number of carbonyl (C=O) groups is 2. The Morgan fingerprint density at radius 3 is 2.36 bits per heavy atom. The summed E-state index contributed by atoms with van der Waals surface area (Å²) in [6, 6.07) is 2.74. The number of rotatable bonds is 4. The molecule has 0 aliphatic heterocycles. The summed E-state index contributed by atoms with van der Waals surface area (Å²) < 4.78 is 0. The minimum atomic E-state index is -1.72. The van der Waals surface area contributed by atoms with Gasteiger partial charge < -0.3 is 20.3 Å². The fourth-order valence-corrected chi connectivity index (χ4v) is 1.56. The molecule has 1 aromatic heterocycles. The molecule has 0 saturated heterocycles. The topological polar surface area (TPSA) is 161 Å².